The van der Waals surface area contributed by atoms with Gasteiger partial charge in [0, 0.05) is 28.2 Å². The first-order chi connectivity index (χ1) is 14.8. The van der Waals surface area contributed by atoms with E-state index < -0.39 is 15.9 Å². The molecular formula is C22H19Cl3N2O3S. The minimum Gasteiger partial charge on any atom is -0.351 e. The lowest BCUT2D eigenvalue weighted by Gasteiger charge is -2.22. The lowest BCUT2D eigenvalue weighted by atomic mass is 10.2. The van der Waals surface area contributed by atoms with Gasteiger partial charge in [0.2, 0.25) is 15.9 Å². The van der Waals surface area contributed by atoms with E-state index in [-0.39, 0.29) is 24.5 Å². The van der Waals surface area contributed by atoms with Gasteiger partial charge in [0.1, 0.15) is 0 Å². The zero-order valence-corrected chi connectivity index (χ0v) is 19.3. The molecule has 0 atom stereocenters. The zero-order valence-electron chi connectivity index (χ0n) is 16.3. The van der Waals surface area contributed by atoms with Crippen LogP contribution < -0.4 is 5.32 Å². The molecule has 0 saturated heterocycles. The summed E-state index contributed by atoms with van der Waals surface area (Å²) in [7, 11) is -3.96. The van der Waals surface area contributed by atoms with E-state index in [1.54, 1.807) is 42.5 Å². The molecule has 0 aliphatic rings. The second kappa shape index (κ2) is 10.5. The SMILES string of the molecule is O=C(CN(Cc1ccc(Cl)cc1)S(=O)(=O)c1ccc(Cl)cc1)NCc1ccccc1Cl. The molecule has 0 heterocycles. The van der Waals surface area contributed by atoms with Crippen molar-refractivity contribution in [2.45, 2.75) is 18.0 Å². The van der Waals surface area contributed by atoms with Crippen molar-refractivity contribution in [1.29, 1.82) is 0 Å². The first-order valence-electron chi connectivity index (χ1n) is 9.26. The molecule has 0 radical (unpaired) electrons. The van der Waals surface area contributed by atoms with Gasteiger partial charge in [0.25, 0.3) is 0 Å². The maximum absolute atomic E-state index is 13.2. The van der Waals surface area contributed by atoms with E-state index in [1.807, 2.05) is 6.07 Å². The quantitative estimate of drug-likeness (QED) is 0.468. The van der Waals surface area contributed by atoms with Gasteiger partial charge < -0.3 is 5.32 Å². The van der Waals surface area contributed by atoms with Crippen LogP contribution in [0.1, 0.15) is 11.1 Å². The van der Waals surface area contributed by atoms with Crippen LogP contribution in [0.5, 0.6) is 0 Å². The molecule has 1 amide bonds. The largest absolute Gasteiger partial charge is 0.351 e. The summed E-state index contributed by atoms with van der Waals surface area (Å²) < 4.78 is 27.6. The summed E-state index contributed by atoms with van der Waals surface area (Å²) in [6.07, 6.45) is 0. The Labute approximate surface area is 196 Å². The fourth-order valence-corrected chi connectivity index (χ4v) is 4.67. The molecule has 3 aromatic rings. The highest BCUT2D eigenvalue weighted by Crippen LogP contribution is 2.21. The van der Waals surface area contributed by atoms with Crippen LogP contribution in [-0.2, 0) is 27.9 Å². The maximum atomic E-state index is 13.2. The molecule has 0 spiro atoms. The van der Waals surface area contributed by atoms with E-state index in [0.717, 1.165) is 9.87 Å². The summed E-state index contributed by atoms with van der Waals surface area (Å²) in [5.74, 6) is -0.452. The number of halogens is 3. The molecule has 0 aliphatic heterocycles. The number of sulfonamides is 1. The number of benzene rings is 3. The molecule has 0 aromatic heterocycles. The molecular weight excluding hydrogens is 479 g/mol. The van der Waals surface area contributed by atoms with Crippen molar-refractivity contribution in [3.05, 3.63) is 99.0 Å². The van der Waals surface area contributed by atoms with Crippen molar-refractivity contribution < 1.29 is 13.2 Å². The predicted octanol–water partition coefficient (Wildman–Crippen LogP) is 5.15. The Morgan fingerprint density at radius 3 is 2.03 bits per heavy atom. The minimum absolute atomic E-state index is 0.00163. The summed E-state index contributed by atoms with van der Waals surface area (Å²) in [5, 5.41) is 4.20. The van der Waals surface area contributed by atoms with Gasteiger partial charge in [0.05, 0.1) is 11.4 Å². The van der Waals surface area contributed by atoms with E-state index >= 15 is 0 Å². The van der Waals surface area contributed by atoms with Gasteiger partial charge in [0.15, 0.2) is 0 Å². The number of hydrogen-bond acceptors (Lipinski definition) is 3. The summed E-state index contributed by atoms with van der Waals surface area (Å²) in [6.45, 7) is -0.173. The van der Waals surface area contributed by atoms with Crippen LogP contribution in [0.2, 0.25) is 15.1 Å². The van der Waals surface area contributed by atoms with E-state index in [1.165, 1.54) is 24.3 Å². The van der Waals surface area contributed by atoms with E-state index in [4.69, 9.17) is 34.8 Å². The van der Waals surface area contributed by atoms with E-state index in [9.17, 15) is 13.2 Å². The van der Waals surface area contributed by atoms with Crippen LogP contribution in [0.4, 0.5) is 0 Å². The Bertz CT molecular complexity index is 1150. The van der Waals surface area contributed by atoms with Gasteiger partial charge in [-0.25, -0.2) is 8.42 Å². The smallest absolute Gasteiger partial charge is 0.243 e. The van der Waals surface area contributed by atoms with Gasteiger partial charge in [-0.1, -0.05) is 65.1 Å². The molecule has 31 heavy (non-hydrogen) atoms. The molecule has 0 saturated carbocycles. The van der Waals surface area contributed by atoms with Crippen LogP contribution in [0.3, 0.4) is 0 Å². The van der Waals surface area contributed by atoms with Gasteiger partial charge in [-0.3, -0.25) is 4.79 Å². The standard InChI is InChI=1S/C22H19Cl3N2O3S/c23-18-7-5-16(6-8-18)14-27(31(29,30)20-11-9-19(24)10-12-20)15-22(28)26-13-17-3-1-2-4-21(17)25/h1-12H,13-15H2,(H,26,28). The summed E-state index contributed by atoms with van der Waals surface area (Å²) in [4.78, 5) is 12.7. The van der Waals surface area contributed by atoms with Gasteiger partial charge in [-0.15, -0.1) is 0 Å². The van der Waals surface area contributed by atoms with Crippen LogP contribution in [0.15, 0.2) is 77.7 Å². The number of rotatable bonds is 8. The van der Waals surface area contributed by atoms with Crippen molar-refractivity contribution in [3.8, 4) is 0 Å². The molecule has 3 aromatic carbocycles. The third-order valence-electron chi connectivity index (χ3n) is 4.48. The van der Waals surface area contributed by atoms with Gasteiger partial charge >= 0.3 is 0 Å². The molecule has 5 nitrogen and oxygen atoms in total. The lowest BCUT2D eigenvalue weighted by Crippen LogP contribution is -2.40. The predicted molar refractivity (Wildman–Crippen MR) is 124 cm³/mol. The number of nitrogens with zero attached hydrogens (tertiary/aromatic N) is 1. The number of carbonyl (C=O) groups excluding carboxylic acids is 1. The molecule has 0 aliphatic carbocycles. The Kier molecular flexibility index (Phi) is 7.97. The van der Waals surface area contributed by atoms with Crippen LogP contribution in [0.25, 0.3) is 0 Å². The lowest BCUT2D eigenvalue weighted by molar-refractivity contribution is -0.121. The highest BCUT2D eigenvalue weighted by molar-refractivity contribution is 7.89. The Hall–Kier alpha value is -2.09. The second-order valence-corrected chi connectivity index (χ2v) is 9.94. The third-order valence-corrected chi connectivity index (χ3v) is 7.16. The van der Waals surface area contributed by atoms with Crippen molar-refractivity contribution in [2.75, 3.05) is 6.54 Å². The van der Waals surface area contributed by atoms with Gasteiger partial charge in [-0.2, -0.15) is 4.31 Å². The van der Waals surface area contributed by atoms with Crippen molar-refractivity contribution in [3.63, 3.8) is 0 Å². The second-order valence-electron chi connectivity index (χ2n) is 6.72. The average molecular weight is 498 g/mol. The molecule has 3 rings (SSSR count). The van der Waals surface area contributed by atoms with Crippen molar-refractivity contribution >= 4 is 50.7 Å². The molecule has 1 N–H and O–H groups in total. The molecule has 0 fully saturated rings. The number of carbonyl (C=O) groups is 1. The first-order valence-corrected chi connectivity index (χ1v) is 11.8. The van der Waals surface area contributed by atoms with Gasteiger partial charge in [-0.05, 0) is 53.6 Å². The summed E-state index contributed by atoms with van der Waals surface area (Å²) in [5.41, 5.74) is 1.43. The Balaban J connectivity index is 1.81. The first kappa shape index (κ1) is 23.6. The molecule has 162 valence electrons. The summed E-state index contributed by atoms with van der Waals surface area (Å²) >= 11 is 17.9. The van der Waals surface area contributed by atoms with E-state index in [2.05, 4.69) is 5.32 Å². The highest BCUT2D eigenvalue weighted by Gasteiger charge is 2.27. The minimum atomic E-state index is -3.96. The normalized spacial score (nSPS) is 11.5. The van der Waals surface area contributed by atoms with E-state index in [0.29, 0.717) is 20.6 Å². The van der Waals surface area contributed by atoms with Crippen LogP contribution in [0, 0.1) is 0 Å². The fraction of sp³-hybridized carbons (Fsp3) is 0.136. The Morgan fingerprint density at radius 1 is 0.839 bits per heavy atom. The Morgan fingerprint density at radius 2 is 1.42 bits per heavy atom. The number of hydrogen-bond donors (Lipinski definition) is 1. The third kappa shape index (κ3) is 6.45. The number of nitrogens with one attached hydrogen (secondary N) is 1. The van der Waals surface area contributed by atoms with Crippen LogP contribution in [-0.4, -0.2) is 25.2 Å². The van der Waals surface area contributed by atoms with Crippen LogP contribution >= 0.6 is 34.8 Å². The summed E-state index contributed by atoms with van der Waals surface area (Å²) in [6, 6.07) is 19.7. The zero-order chi connectivity index (χ0) is 22.4. The molecule has 0 unspecified atom stereocenters. The van der Waals surface area contributed by atoms with Crippen molar-refractivity contribution in [1.82, 2.24) is 9.62 Å². The monoisotopic (exact) mass is 496 g/mol. The van der Waals surface area contributed by atoms with Crippen molar-refractivity contribution in [2.24, 2.45) is 0 Å². The number of amides is 1. The fourth-order valence-electron chi connectivity index (χ4n) is 2.83. The topological polar surface area (TPSA) is 66.5 Å². The molecule has 0 bridgehead atoms. The highest BCUT2D eigenvalue weighted by atomic mass is 35.5. The average Bonchev–Trinajstić information content (AvgIpc) is 2.74. The molecule has 9 heteroatoms. The maximum Gasteiger partial charge on any atom is 0.243 e.